The molecule has 1 aromatic carbocycles. The van der Waals surface area contributed by atoms with Gasteiger partial charge in [0.1, 0.15) is 0 Å². The molecule has 2 amide bonds. The van der Waals surface area contributed by atoms with Crippen LogP contribution in [0.3, 0.4) is 0 Å². The molecule has 2 N–H and O–H groups in total. The fourth-order valence-electron chi connectivity index (χ4n) is 1.24. The summed E-state index contributed by atoms with van der Waals surface area (Å²) in [6, 6.07) is 7.09. The Morgan fingerprint density at radius 1 is 1.41 bits per heavy atom. The van der Waals surface area contributed by atoms with Crippen molar-refractivity contribution in [1.82, 2.24) is 10.3 Å². The Morgan fingerprint density at radius 2 is 2.24 bits per heavy atom. The molecule has 4 nitrogen and oxygen atoms in total. The summed E-state index contributed by atoms with van der Waals surface area (Å²) in [5.41, 5.74) is 0.878. The molecule has 0 aliphatic rings. The second kappa shape index (κ2) is 5.65. The number of hydrogen-bond acceptors (Lipinski definition) is 3. The summed E-state index contributed by atoms with van der Waals surface area (Å²) in [4.78, 5) is 15.4. The third-order valence-electron chi connectivity index (χ3n) is 2.05. The lowest BCUT2D eigenvalue weighted by atomic mass is 10.2. The second-order valence-corrected chi connectivity index (χ2v) is 4.54. The van der Waals surface area contributed by atoms with E-state index in [1.165, 1.54) is 11.3 Å². The molecule has 2 aromatic rings. The average Bonchev–Trinajstić information content (AvgIpc) is 2.81. The van der Waals surface area contributed by atoms with E-state index in [9.17, 15) is 4.79 Å². The number of thiazole rings is 1. The van der Waals surface area contributed by atoms with Crippen molar-refractivity contribution < 1.29 is 4.79 Å². The number of nitrogens with zero attached hydrogens (tertiary/aromatic N) is 1. The van der Waals surface area contributed by atoms with E-state index in [1.54, 1.807) is 17.6 Å². The van der Waals surface area contributed by atoms with Gasteiger partial charge in [0, 0.05) is 23.1 Å². The molecule has 0 spiro atoms. The number of carbonyl (C=O) groups excluding carboxylic acids is 1. The topological polar surface area (TPSA) is 54.0 Å². The zero-order chi connectivity index (χ0) is 12.1. The van der Waals surface area contributed by atoms with Crippen LogP contribution >= 0.6 is 22.9 Å². The molecule has 0 saturated carbocycles. The summed E-state index contributed by atoms with van der Waals surface area (Å²) < 4.78 is 0. The summed E-state index contributed by atoms with van der Waals surface area (Å²) in [5, 5.41) is 8.34. The second-order valence-electron chi connectivity index (χ2n) is 3.24. The van der Waals surface area contributed by atoms with E-state index in [0.717, 1.165) is 5.56 Å². The van der Waals surface area contributed by atoms with Crippen molar-refractivity contribution in [3.8, 4) is 0 Å². The van der Waals surface area contributed by atoms with Gasteiger partial charge >= 0.3 is 6.03 Å². The van der Waals surface area contributed by atoms with Crippen LogP contribution in [0, 0.1) is 0 Å². The van der Waals surface area contributed by atoms with Crippen LogP contribution in [0.2, 0.25) is 5.02 Å². The highest BCUT2D eigenvalue weighted by atomic mass is 35.5. The van der Waals surface area contributed by atoms with Gasteiger partial charge in [0.2, 0.25) is 0 Å². The van der Waals surface area contributed by atoms with E-state index in [4.69, 9.17) is 11.6 Å². The van der Waals surface area contributed by atoms with Crippen molar-refractivity contribution in [3.63, 3.8) is 0 Å². The fourth-order valence-corrected chi connectivity index (χ4v) is 1.97. The largest absolute Gasteiger partial charge is 0.334 e. The maximum atomic E-state index is 11.5. The molecule has 0 unspecified atom stereocenters. The van der Waals surface area contributed by atoms with E-state index >= 15 is 0 Å². The number of amides is 2. The number of halogens is 1. The Hall–Kier alpha value is -1.59. The first kappa shape index (κ1) is 11.9. The Kier molecular flexibility index (Phi) is 3.95. The monoisotopic (exact) mass is 267 g/mol. The van der Waals surface area contributed by atoms with Gasteiger partial charge in [-0.05, 0) is 11.6 Å². The van der Waals surface area contributed by atoms with Gasteiger partial charge in [-0.25, -0.2) is 9.78 Å². The van der Waals surface area contributed by atoms with Crippen molar-refractivity contribution in [1.29, 1.82) is 0 Å². The highest BCUT2D eigenvalue weighted by Gasteiger charge is 2.04. The van der Waals surface area contributed by atoms with Crippen LogP contribution < -0.4 is 10.6 Å². The molecule has 0 aliphatic heterocycles. The molecule has 0 saturated heterocycles. The minimum atomic E-state index is -0.292. The minimum absolute atomic E-state index is 0.292. The van der Waals surface area contributed by atoms with Gasteiger partial charge in [0.05, 0.1) is 0 Å². The normalized spacial score (nSPS) is 9.94. The molecule has 0 aliphatic carbocycles. The van der Waals surface area contributed by atoms with Crippen molar-refractivity contribution in [2.24, 2.45) is 0 Å². The highest BCUT2D eigenvalue weighted by Crippen LogP contribution is 2.14. The van der Waals surface area contributed by atoms with Gasteiger partial charge in [-0.1, -0.05) is 29.8 Å². The molecule has 0 bridgehead atoms. The zero-order valence-electron chi connectivity index (χ0n) is 8.81. The lowest BCUT2D eigenvalue weighted by Gasteiger charge is -2.06. The van der Waals surface area contributed by atoms with Gasteiger partial charge in [-0.2, -0.15) is 0 Å². The quantitative estimate of drug-likeness (QED) is 0.898. The number of hydrogen-bond donors (Lipinski definition) is 2. The molecule has 88 valence electrons. The van der Waals surface area contributed by atoms with E-state index in [1.807, 2.05) is 18.2 Å². The van der Waals surface area contributed by atoms with Crippen molar-refractivity contribution in [3.05, 3.63) is 46.4 Å². The average molecular weight is 268 g/mol. The number of aromatic nitrogens is 1. The molecular weight excluding hydrogens is 258 g/mol. The lowest BCUT2D eigenvalue weighted by molar-refractivity contribution is 0.251. The third-order valence-corrected chi connectivity index (χ3v) is 3.11. The van der Waals surface area contributed by atoms with Gasteiger partial charge in [-0.3, -0.25) is 5.32 Å². The summed E-state index contributed by atoms with van der Waals surface area (Å²) in [7, 11) is 0. The van der Waals surface area contributed by atoms with Crippen LogP contribution in [0.25, 0.3) is 0 Å². The molecule has 1 aromatic heterocycles. The summed E-state index contributed by atoms with van der Waals surface area (Å²) in [6.45, 7) is 0.386. The highest BCUT2D eigenvalue weighted by molar-refractivity contribution is 7.13. The smallest absolute Gasteiger partial charge is 0.321 e. The number of anilines is 1. The molecule has 17 heavy (non-hydrogen) atoms. The van der Waals surface area contributed by atoms with Crippen LogP contribution in [0.5, 0.6) is 0 Å². The van der Waals surface area contributed by atoms with Crippen molar-refractivity contribution in [2.45, 2.75) is 6.54 Å². The van der Waals surface area contributed by atoms with Crippen LogP contribution in [0.15, 0.2) is 35.8 Å². The molecular formula is C11H10ClN3OS. The van der Waals surface area contributed by atoms with Crippen molar-refractivity contribution >= 4 is 34.1 Å². The number of carbonyl (C=O) groups is 1. The van der Waals surface area contributed by atoms with E-state index in [2.05, 4.69) is 15.6 Å². The first-order chi connectivity index (χ1) is 8.25. The predicted molar refractivity (Wildman–Crippen MR) is 69.4 cm³/mol. The lowest BCUT2D eigenvalue weighted by Crippen LogP contribution is -2.28. The maximum absolute atomic E-state index is 11.5. The first-order valence-corrected chi connectivity index (χ1v) is 6.19. The van der Waals surface area contributed by atoms with E-state index in [0.29, 0.717) is 16.7 Å². The zero-order valence-corrected chi connectivity index (χ0v) is 10.4. The van der Waals surface area contributed by atoms with Crippen LogP contribution in [-0.4, -0.2) is 11.0 Å². The molecule has 0 fully saturated rings. The number of urea groups is 1. The van der Waals surface area contributed by atoms with Gasteiger partial charge < -0.3 is 5.32 Å². The number of benzene rings is 1. The van der Waals surface area contributed by atoms with Gasteiger partial charge in [-0.15, -0.1) is 11.3 Å². The molecule has 2 rings (SSSR count). The summed E-state index contributed by atoms with van der Waals surface area (Å²) in [5.74, 6) is 0. The van der Waals surface area contributed by atoms with Gasteiger partial charge in [0.25, 0.3) is 0 Å². The van der Waals surface area contributed by atoms with Crippen LogP contribution in [-0.2, 0) is 6.54 Å². The molecule has 6 heteroatoms. The molecule has 0 atom stereocenters. The third kappa shape index (κ3) is 3.44. The Morgan fingerprint density at radius 3 is 2.94 bits per heavy atom. The number of rotatable bonds is 3. The minimum Gasteiger partial charge on any atom is -0.334 e. The Bertz CT molecular complexity index is 501. The summed E-state index contributed by atoms with van der Waals surface area (Å²) in [6.07, 6.45) is 1.63. The Labute approximate surface area is 108 Å². The predicted octanol–water partition coefficient (Wildman–Crippen LogP) is 3.12. The standard InChI is InChI=1S/C11H10ClN3OS/c12-9-4-2-1-3-8(9)7-14-10(16)15-11-13-5-6-17-11/h1-6H,7H2,(H2,13,14,15,16). The Balaban J connectivity index is 1.86. The maximum Gasteiger partial charge on any atom is 0.321 e. The van der Waals surface area contributed by atoms with Crippen molar-refractivity contribution in [2.75, 3.05) is 5.32 Å². The van der Waals surface area contributed by atoms with E-state index < -0.39 is 0 Å². The number of nitrogens with one attached hydrogen (secondary N) is 2. The SMILES string of the molecule is O=C(NCc1ccccc1Cl)Nc1nccs1. The first-order valence-electron chi connectivity index (χ1n) is 4.93. The van der Waals surface area contributed by atoms with Crippen LogP contribution in [0.4, 0.5) is 9.93 Å². The molecule has 0 radical (unpaired) electrons. The fraction of sp³-hybridized carbons (Fsp3) is 0.0909. The van der Waals surface area contributed by atoms with E-state index in [-0.39, 0.29) is 6.03 Å². The van der Waals surface area contributed by atoms with Gasteiger partial charge in [0.15, 0.2) is 5.13 Å². The summed E-state index contributed by atoms with van der Waals surface area (Å²) >= 11 is 7.34. The molecule has 1 heterocycles. The van der Waals surface area contributed by atoms with Crippen LogP contribution in [0.1, 0.15) is 5.56 Å².